The molecule has 0 aromatic heterocycles. The molecule has 0 unspecified atom stereocenters. The monoisotopic (exact) mass is 289 g/mol. The van der Waals surface area contributed by atoms with Gasteiger partial charge >= 0.3 is 0 Å². The SMILES string of the molecule is CC1=CN[C@@H]1[C@@H](CN)N(C)CCOc1ccc(C)c(C)c1. The van der Waals surface area contributed by atoms with Gasteiger partial charge < -0.3 is 15.8 Å². The third-order valence-electron chi connectivity index (χ3n) is 4.36. The van der Waals surface area contributed by atoms with Gasteiger partial charge in [0.2, 0.25) is 0 Å². The fraction of sp³-hybridized carbons (Fsp3) is 0.529. The van der Waals surface area contributed by atoms with Gasteiger partial charge in [-0.3, -0.25) is 4.90 Å². The third-order valence-corrected chi connectivity index (χ3v) is 4.36. The van der Waals surface area contributed by atoms with Crippen LogP contribution in [0.3, 0.4) is 0 Å². The number of benzene rings is 1. The Morgan fingerprint density at radius 2 is 2.05 bits per heavy atom. The first-order chi connectivity index (χ1) is 10.0. The number of nitrogens with two attached hydrogens (primary N) is 1. The predicted octanol–water partition coefficient (Wildman–Crippen LogP) is 1.82. The van der Waals surface area contributed by atoms with Gasteiger partial charge in [0, 0.05) is 19.1 Å². The maximum absolute atomic E-state index is 5.92. The first-order valence-corrected chi connectivity index (χ1v) is 7.56. The summed E-state index contributed by atoms with van der Waals surface area (Å²) in [6, 6.07) is 6.92. The minimum absolute atomic E-state index is 0.318. The van der Waals surface area contributed by atoms with Crippen molar-refractivity contribution >= 4 is 0 Å². The smallest absolute Gasteiger partial charge is 0.119 e. The van der Waals surface area contributed by atoms with E-state index in [0.29, 0.717) is 25.2 Å². The maximum atomic E-state index is 5.92. The third kappa shape index (κ3) is 3.77. The van der Waals surface area contributed by atoms with Crippen LogP contribution in [0.1, 0.15) is 18.1 Å². The van der Waals surface area contributed by atoms with Crippen molar-refractivity contribution in [2.45, 2.75) is 32.9 Å². The molecule has 1 aliphatic rings. The average Bonchev–Trinajstić information content (AvgIpc) is 2.46. The standard InChI is InChI=1S/C17H27N3O/c1-12-5-6-15(9-13(12)2)21-8-7-20(4)16(10-18)17-14(3)11-19-17/h5-6,9,11,16-17,19H,7-8,10,18H2,1-4H3/t16-,17+/m1/s1. The van der Waals surface area contributed by atoms with E-state index in [2.05, 4.69) is 50.2 Å². The van der Waals surface area contributed by atoms with Crippen molar-refractivity contribution in [1.29, 1.82) is 0 Å². The normalized spacial score (nSPS) is 18.8. The molecule has 4 nitrogen and oxygen atoms in total. The molecule has 0 aliphatic carbocycles. The minimum Gasteiger partial charge on any atom is -0.492 e. The van der Waals surface area contributed by atoms with Gasteiger partial charge in [-0.25, -0.2) is 0 Å². The quantitative estimate of drug-likeness (QED) is 0.804. The molecule has 0 fully saturated rings. The molecule has 116 valence electrons. The van der Waals surface area contributed by atoms with Crippen LogP contribution < -0.4 is 15.8 Å². The zero-order chi connectivity index (χ0) is 15.4. The summed E-state index contributed by atoms with van der Waals surface area (Å²) in [5, 5.41) is 3.32. The predicted molar refractivity (Wildman–Crippen MR) is 87.6 cm³/mol. The van der Waals surface area contributed by atoms with Gasteiger partial charge in [-0.2, -0.15) is 0 Å². The highest BCUT2D eigenvalue weighted by atomic mass is 16.5. The number of rotatable bonds is 7. The van der Waals surface area contributed by atoms with Crippen molar-refractivity contribution in [2.24, 2.45) is 5.73 Å². The van der Waals surface area contributed by atoms with Crippen LogP contribution in [0.4, 0.5) is 0 Å². The second-order valence-electron chi connectivity index (χ2n) is 5.91. The van der Waals surface area contributed by atoms with E-state index in [-0.39, 0.29) is 0 Å². The molecule has 3 N–H and O–H groups in total. The first-order valence-electron chi connectivity index (χ1n) is 7.56. The highest BCUT2D eigenvalue weighted by Crippen LogP contribution is 2.18. The van der Waals surface area contributed by atoms with Crippen LogP contribution in [0.15, 0.2) is 30.0 Å². The molecule has 1 heterocycles. The van der Waals surface area contributed by atoms with Crippen molar-refractivity contribution in [3.8, 4) is 5.75 Å². The number of nitrogens with one attached hydrogen (secondary N) is 1. The van der Waals surface area contributed by atoms with Crippen LogP contribution in [0.25, 0.3) is 0 Å². The molecule has 1 aliphatic heterocycles. The van der Waals surface area contributed by atoms with E-state index in [9.17, 15) is 0 Å². The van der Waals surface area contributed by atoms with Gasteiger partial charge in [0.15, 0.2) is 0 Å². The molecule has 0 amide bonds. The molecule has 0 radical (unpaired) electrons. The highest BCUT2D eigenvalue weighted by Gasteiger charge is 2.28. The van der Waals surface area contributed by atoms with Crippen molar-refractivity contribution in [1.82, 2.24) is 10.2 Å². The van der Waals surface area contributed by atoms with E-state index >= 15 is 0 Å². The summed E-state index contributed by atoms with van der Waals surface area (Å²) in [6.45, 7) is 8.54. The molecule has 21 heavy (non-hydrogen) atoms. The van der Waals surface area contributed by atoms with Crippen molar-refractivity contribution in [3.05, 3.63) is 41.1 Å². The van der Waals surface area contributed by atoms with Crippen molar-refractivity contribution < 1.29 is 4.74 Å². The van der Waals surface area contributed by atoms with E-state index in [4.69, 9.17) is 10.5 Å². The Morgan fingerprint density at radius 1 is 1.29 bits per heavy atom. The van der Waals surface area contributed by atoms with Crippen molar-refractivity contribution in [3.63, 3.8) is 0 Å². The maximum Gasteiger partial charge on any atom is 0.119 e. The van der Waals surface area contributed by atoms with Gasteiger partial charge in [-0.05, 0) is 62.9 Å². The summed E-state index contributed by atoms with van der Waals surface area (Å²) in [4.78, 5) is 2.27. The summed E-state index contributed by atoms with van der Waals surface area (Å²) >= 11 is 0. The van der Waals surface area contributed by atoms with Gasteiger partial charge in [0.25, 0.3) is 0 Å². The van der Waals surface area contributed by atoms with E-state index in [1.807, 2.05) is 12.3 Å². The Morgan fingerprint density at radius 3 is 2.57 bits per heavy atom. The lowest BCUT2D eigenvalue weighted by Gasteiger charge is -2.39. The van der Waals surface area contributed by atoms with Crippen LogP contribution in [0, 0.1) is 13.8 Å². The molecular weight excluding hydrogens is 262 g/mol. The number of hydrogen-bond donors (Lipinski definition) is 2. The molecule has 2 atom stereocenters. The summed E-state index contributed by atoms with van der Waals surface area (Å²) in [5.41, 5.74) is 9.84. The molecule has 4 heteroatoms. The Hall–Kier alpha value is -1.52. The molecule has 2 rings (SSSR count). The van der Waals surface area contributed by atoms with Crippen LogP contribution >= 0.6 is 0 Å². The van der Waals surface area contributed by atoms with Gasteiger partial charge in [0.05, 0.1) is 6.04 Å². The fourth-order valence-corrected chi connectivity index (χ4v) is 2.61. The fourth-order valence-electron chi connectivity index (χ4n) is 2.61. The van der Waals surface area contributed by atoms with Crippen LogP contribution in [0.2, 0.25) is 0 Å². The number of likely N-dealkylation sites (N-methyl/N-ethyl adjacent to an activating group) is 1. The second kappa shape index (κ2) is 6.96. The Balaban J connectivity index is 1.81. The zero-order valence-corrected chi connectivity index (χ0v) is 13.5. The Labute approximate surface area is 128 Å². The van der Waals surface area contributed by atoms with Crippen LogP contribution in [-0.2, 0) is 0 Å². The van der Waals surface area contributed by atoms with Crippen molar-refractivity contribution in [2.75, 3.05) is 26.7 Å². The summed E-state index contributed by atoms with van der Waals surface area (Å²) in [6.07, 6.45) is 2.05. The van der Waals surface area contributed by atoms with Gasteiger partial charge in [-0.15, -0.1) is 0 Å². The van der Waals surface area contributed by atoms with Crippen LogP contribution in [-0.4, -0.2) is 43.7 Å². The average molecular weight is 289 g/mol. The molecule has 0 bridgehead atoms. The lowest BCUT2D eigenvalue weighted by atomic mass is 9.95. The molecule has 0 saturated heterocycles. The van der Waals surface area contributed by atoms with E-state index < -0.39 is 0 Å². The Bertz CT molecular complexity index is 513. The molecule has 0 saturated carbocycles. The molecule has 1 aromatic carbocycles. The van der Waals surface area contributed by atoms with E-state index in [1.165, 1.54) is 16.7 Å². The van der Waals surface area contributed by atoms with Gasteiger partial charge in [0.1, 0.15) is 12.4 Å². The topological polar surface area (TPSA) is 50.5 Å². The lowest BCUT2D eigenvalue weighted by Crippen LogP contribution is -2.56. The lowest BCUT2D eigenvalue weighted by molar-refractivity contribution is 0.171. The summed E-state index contributed by atoms with van der Waals surface area (Å²) in [7, 11) is 2.11. The van der Waals surface area contributed by atoms with E-state index in [1.54, 1.807) is 0 Å². The highest BCUT2D eigenvalue weighted by molar-refractivity contribution is 5.33. The zero-order valence-electron chi connectivity index (χ0n) is 13.5. The number of aryl methyl sites for hydroxylation is 2. The Kier molecular flexibility index (Phi) is 5.26. The second-order valence-corrected chi connectivity index (χ2v) is 5.91. The first kappa shape index (κ1) is 15.9. The number of hydrogen-bond acceptors (Lipinski definition) is 4. The minimum atomic E-state index is 0.318. The summed E-state index contributed by atoms with van der Waals surface area (Å²) in [5.74, 6) is 0.939. The van der Waals surface area contributed by atoms with E-state index in [0.717, 1.165) is 12.3 Å². The number of ether oxygens (including phenoxy) is 1. The summed E-state index contributed by atoms with van der Waals surface area (Å²) < 4.78 is 5.85. The van der Waals surface area contributed by atoms with Crippen LogP contribution in [0.5, 0.6) is 5.75 Å². The number of nitrogens with zero attached hydrogens (tertiary/aromatic N) is 1. The molecule has 1 aromatic rings. The molecule has 0 spiro atoms. The largest absolute Gasteiger partial charge is 0.492 e. The van der Waals surface area contributed by atoms with Gasteiger partial charge in [-0.1, -0.05) is 6.07 Å². The molecular formula is C17H27N3O.